The van der Waals surface area contributed by atoms with Gasteiger partial charge in [-0.1, -0.05) is 6.92 Å². The van der Waals surface area contributed by atoms with Crippen molar-refractivity contribution in [1.29, 1.82) is 0 Å². The van der Waals surface area contributed by atoms with Crippen LogP contribution in [0.5, 0.6) is 0 Å². The van der Waals surface area contributed by atoms with Crippen LogP contribution in [0.15, 0.2) is 12.1 Å². The SMILES string of the molecule is CCc1c2cc(C)c(N(CC(=O)O)CC(=O)O)cc2nn1CC. The maximum atomic E-state index is 11.0. The lowest BCUT2D eigenvalue weighted by molar-refractivity contribution is -0.136. The molecule has 1 aromatic heterocycles. The number of fused-ring (bicyclic) bond motifs is 1. The Balaban J connectivity index is 2.56. The third-order valence-corrected chi connectivity index (χ3v) is 3.79. The van der Waals surface area contributed by atoms with E-state index in [1.54, 1.807) is 6.07 Å². The summed E-state index contributed by atoms with van der Waals surface area (Å²) >= 11 is 0. The molecule has 0 atom stereocenters. The van der Waals surface area contributed by atoms with Crippen LogP contribution in [0.4, 0.5) is 5.69 Å². The van der Waals surface area contributed by atoms with Crippen LogP contribution in [-0.4, -0.2) is 45.0 Å². The fraction of sp³-hybridized carbons (Fsp3) is 0.438. The van der Waals surface area contributed by atoms with E-state index in [-0.39, 0.29) is 13.1 Å². The highest BCUT2D eigenvalue weighted by molar-refractivity contribution is 5.89. The highest BCUT2D eigenvalue weighted by atomic mass is 16.4. The van der Waals surface area contributed by atoms with Gasteiger partial charge in [0.15, 0.2) is 0 Å². The average Bonchev–Trinajstić information content (AvgIpc) is 2.81. The van der Waals surface area contributed by atoms with Gasteiger partial charge in [-0.15, -0.1) is 0 Å². The fourth-order valence-electron chi connectivity index (χ4n) is 2.86. The first-order chi connectivity index (χ1) is 10.9. The molecule has 0 amide bonds. The van der Waals surface area contributed by atoms with Crippen LogP contribution in [0, 0.1) is 6.92 Å². The number of nitrogens with zero attached hydrogens (tertiary/aromatic N) is 3. The number of benzene rings is 1. The molecule has 2 aromatic rings. The molecule has 0 aliphatic heterocycles. The maximum absolute atomic E-state index is 11.0. The molecular formula is C16H21N3O4. The number of carboxylic acids is 2. The van der Waals surface area contributed by atoms with Crippen molar-refractivity contribution < 1.29 is 19.8 Å². The monoisotopic (exact) mass is 319 g/mol. The molecule has 0 spiro atoms. The summed E-state index contributed by atoms with van der Waals surface area (Å²) in [6, 6.07) is 3.74. The van der Waals surface area contributed by atoms with Crippen molar-refractivity contribution in [3.8, 4) is 0 Å². The van der Waals surface area contributed by atoms with Crippen molar-refractivity contribution in [3.05, 3.63) is 23.4 Å². The molecule has 124 valence electrons. The number of aromatic nitrogens is 2. The van der Waals surface area contributed by atoms with Crippen LogP contribution in [0.25, 0.3) is 10.9 Å². The average molecular weight is 319 g/mol. The third-order valence-electron chi connectivity index (χ3n) is 3.79. The summed E-state index contributed by atoms with van der Waals surface area (Å²) in [5.41, 5.74) is 3.31. The zero-order chi connectivity index (χ0) is 17.1. The molecule has 0 aliphatic carbocycles. The number of hydrogen-bond donors (Lipinski definition) is 2. The smallest absolute Gasteiger partial charge is 0.323 e. The summed E-state index contributed by atoms with van der Waals surface area (Å²) in [6.45, 7) is 5.95. The van der Waals surface area contributed by atoms with E-state index in [9.17, 15) is 9.59 Å². The minimum atomic E-state index is -1.07. The van der Waals surface area contributed by atoms with Crippen LogP contribution in [0.2, 0.25) is 0 Å². The first kappa shape index (κ1) is 16.8. The molecule has 2 rings (SSSR count). The number of hydrogen-bond acceptors (Lipinski definition) is 4. The van der Waals surface area contributed by atoms with Gasteiger partial charge in [-0.05, 0) is 38.0 Å². The molecule has 7 heteroatoms. The largest absolute Gasteiger partial charge is 0.480 e. The Kier molecular flexibility index (Phi) is 4.88. The lowest BCUT2D eigenvalue weighted by atomic mass is 10.1. The molecule has 0 unspecified atom stereocenters. The molecule has 0 bridgehead atoms. The second kappa shape index (κ2) is 6.68. The summed E-state index contributed by atoms with van der Waals surface area (Å²) in [4.78, 5) is 23.4. The van der Waals surface area contributed by atoms with E-state index in [1.807, 2.05) is 24.6 Å². The summed E-state index contributed by atoms with van der Waals surface area (Å²) < 4.78 is 1.92. The molecule has 0 radical (unpaired) electrons. The summed E-state index contributed by atoms with van der Waals surface area (Å²) in [6.07, 6.45) is 0.844. The Hall–Kier alpha value is -2.57. The maximum Gasteiger partial charge on any atom is 0.323 e. The first-order valence-corrected chi connectivity index (χ1v) is 7.55. The van der Waals surface area contributed by atoms with E-state index < -0.39 is 11.9 Å². The van der Waals surface area contributed by atoms with Gasteiger partial charge in [0.1, 0.15) is 13.1 Å². The molecule has 2 N–H and O–H groups in total. The van der Waals surface area contributed by atoms with Crippen LogP contribution in [-0.2, 0) is 22.6 Å². The van der Waals surface area contributed by atoms with Crippen LogP contribution in [0.3, 0.4) is 0 Å². The topological polar surface area (TPSA) is 95.7 Å². The quantitative estimate of drug-likeness (QED) is 0.809. The number of aliphatic carboxylic acids is 2. The van der Waals surface area contributed by atoms with Crippen LogP contribution in [0.1, 0.15) is 25.1 Å². The molecule has 0 fully saturated rings. The summed E-state index contributed by atoms with van der Waals surface area (Å²) in [5, 5.41) is 23.6. The first-order valence-electron chi connectivity index (χ1n) is 7.55. The van der Waals surface area contributed by atoms with E-state index in [2.05, 4.69) is 12.0 Å². The number of anilines is 1. The van der Waals surface area contributed by atoms with Gasteiger partial charge in [0.05, 0.1) is 5.52 Å². The highest BCUT2D eigenvalue weighted by Crippen LogP contribution is 2.28. The third kappa shape index (κ3) is 3.44. The normalized spacial score (nSPS) is 10.9. The summed E-state index contributed by atoms with van der Waals surface area (Å²) in [5.74, 6) is -2.14. The number of rotatable bonds is 7. The Labute approximate surface area is 134 Å². The van der Waals surface area contributed by atoms with E-state index >= 15 is 0 Å². The van der Waals surface area contributed by atoms with Gasteiger partial charge in [-0.3, -0.25) is 14.3 Å². The van der Waals surface area contributed by atoms with Crippen molar-refractivity contribution in [1.82, 2.24) is 9.78 Å². The number of carboxylic acid groups (broad SMARTS) is 2. The van der Waals surface area contributed by atoms with Gasteiger partial charge in [-0.25, -0.2) is 0 Å². The Morgan fingerprint density at radius 2 is 1.78 bits per heavy atom. The van der Waals surface area contributed by atoms with E-state index in [4.69, 9.17) is 10.2 Å². The predicted molar refractivity (Wildman–Crippen MR) is 87.0 cm³/mol. The van der Waals surface area contributed by atoms with Gasteiger partial charge in [0.2, 0.25) is 0 Å². The van der Waals surface area contributed by atoms with E-state index in [1.165, 1.54) is 4.90 Å². The van der Waals surface area contributed by atoms with Crippen LogP contribution < -0.4 is 4.90 Å². The molecule has 1 heterocycles. The molecular weight excluding hydrogens is 298 g/mol. The molecule has 1 aromatic carbocycles. The lowest BCUT2D eigenvalue weighted by Gasteiger charge is -2.22. The lowest BCUT2D eigenvalue weighted by Crippen LogP contribution is -2.34. The van der Waals surface area contributed by atoms with E-state index in [0.717, 1.165) is 35.1 Å². The van der Waals surface area contributed by atoms with Crippen molar-refractivity contribution in [2.24, 2.45) is 0 Å². The van der Waals surface area contributed by atoms with Crippen molar-refractivity contribution in [3.63, 3.8) is 0 Å². The molecule has 23 heavy (non-hydrogen) atoms. The molecule has 0 saturated heterocycles. The second-order valence-corrected chi connectivity index (χ2v) is 5.42. The zero-order valence-corrected chi connectivity index (χ0v) is 13.5. The summed E-state index contributed by atoms with van der Waals surface area (Å²) in [7, 11) is 0. The van der Waals surface area contributed by atoms with Crippen molar-refractivity contribution >= 4 is 28.5 Å². The van der Waals surface area contributed by atoms with Gasteiger partial charge in [0, 0.05) is 23.3 Å². The molecule has 7 nitrogen and oxygen atoms in total. The zero-order valence-electron chi connectivity index (χ0n) is 13.5. The van der Waals surface area contributed by atoms with E-state index in [0.29, 0.717) is 5.69 Å². The number of carbonyl (C=O) groups is 2. The van der Waals surface area contributed by atoms with Gasteiger partial charge < -0.3 is 15.1 Å². The van der Waals surface area contributed by atoms with Crippen molar-refractivity contribution in [2.45, 2.75) is 33.7 Å². The van der Waals surface area contributed by atoms with Gasteiger partial charge in [-0.2, -0.15) is 5.10 Å². The van der Waals surface area contributed by atoms with Crippen molar-refractivity contribution in [2.75, 3.05) is 18.0 Å². The second-order valence-electron chi connectivity index (χ2n) is 5.42. The minimum Gasteiger partial charge on any atom is -0.480 e. The van der Waals surface area contributed by atoms with Crippen LogP contribution >= 0.6 is 0 Å². The standard InChI is InChI=1S/C16H21N3O4/c1-4-13-11-6-10(3)14(7-12(11)17-19(13)5-2)18(8-15(20)21)9-16(22)23/h6-7H,4-5,8-9H2,1-3H3,(H,20,21)(H,22,23). The highest BCUT2D eigenvalue weighted by Gasteiger charge is 2.19. The van der Waals surface area contributed by atoms with Gasteiger partial charge >= 0.3 is 11.9 Å². The van der Waals surface area contributed by atoms with Gasteiger partial charge in [0.25, 0.3) is 0 Å². The fourth-order valence-corrected chi connectivity index (χ4v) is 2.86. The Morgan fingerprint density at radius 3 is 2.26 bits per heavy atom. The molecule has 0 saturated carbocycles. The predicted octanol–water partition coefficient (Wildman–Crippen LogP) is 1.90. The Bertz CT molecular complexity index is 735. The number of aryl methyl sites for hydroxylation is 3. The molecule has 0 aliphatic rings. The Morgan fingerprint density at radius 1 is 1.17 bits per heavy atom. The minimum absolute atomic E-state index is 0.367.